The van der Waals surface area contributed by atoms with Crippen molar-refractivity contribution >= 4 is 30.1 Å². The van der Waals surface area contributed by atoms with Gasteiger partial charge in [0.05, 0.1) is 24.5 Å². The van der Waals surface area contributed by atoms with E-state index >= 15 is 8.78 Å². The summed E-state index contributed by atoms with van der Waals surface area (Å²) in [5.74, 6) is -2.11. The van der Waals surface area contributed by atoms with Crippen molar-refractivity contribution in [1.29, 1.82) is 0 Å². The number of rotatable bonds is 8. The summed E-state index contributed by atoms with van der Waals surface area (Å²) in [7, 11) is -3.03. The maximum Gasteiger partial charge on any atom is 0.261 e. The van der Waals surface area contributed by atoms with Crippen molar-refractivity contribution in [3.63, 3.8) is 0 Å². The first kappa shape index (κ1) is 31.5. The Morgan fingerprint density at radius 2 is 1.48 bits per heavy atom. The second-order valence-electron chi connectivity index (χ2n) is 12.4. The standard InChI is InChI=1S/C35H39F2N3O3Si/c1-24-21-40(22-25(2)43-24)34-27(20-30(31(36)32(34)37)33(39-41)26-16-18-38-19-17-26)23-42-44(35(3,4)5,28-12-8-6-9-13-28)29-14-10-7-11-15-29/h6-20,24-25,41H,21-23H2,1-5H3/b39-33+/t24-,25+. The van der Waals surface area contributed by atoms with Crippen molar-refractivity contribution in [2.75, 3.05) is 18.0 Å². The average molecular weight is 616 g/mol. The smallest absolute Gasteiger partial charge is 0.261 e. The first-order valence-electron chi connectivity index (χ1n) is 14.9. The number of hydrogen-bond donors (Lipinski definition) is 1. The molecule has 1 fully saturated rings. The number of morpholine rings is 1. The largest absolute Gasteiger partial charge is 0.410 e. The third-order valence-corrected chi connectivity index (χ3v) is 13.1. The van der Waals surface area contributed by atoms with E-state index in [9.17, 15) is 5.21 Å². The first-order valence-corrected chi connectivity index (χ1v) is 16.8. The van der Waals surface area contributed by atoms with E-state index < -0.39 is 20.0 Å². The predicted octanol–water partition coefficient (Wildman–Crippen LogP) is 6.28. The molecule has 3 aromatic carbocycles. The molecule has 2 heterocycles. The van der Waals surface area contributed by atoms with Crippen LogP contribution in [0.15, 0.2) is 96.4 Å². The molecule has 0 spiro atoms. The minimum atomic E-state index is -3.03. The molecule has 0 bridgehead atoms. The fourth-order valence-corrected chi connectivity index (χ4v) is 10.9. The monoisotopic (exact) mass is 615 g/mol. The zero-order valence-electron chi connectivity index (χ0n) is 25.8. The second kappa shape index (κ2) is 13.0. The minimum absolute atomic E-state index is 0.00197. The van der Waals surface area contributed by atoms with Crippen LogP contribution in [-0.2, 0) is 15.8 Å². The zero-order chi connectivity index (χ0) is 31.5. The van der Waals surface area contributed by atoms with Crippen LogP contribution in [0.25, 0.3) is 0 Å². The van der Waals surface area contributed by atoms with E-state index in [0.717, 1.165) is 10.4 Å². The van der Waals surface area contributed by atoms with Crippen LogP contribution in [0.3, 0.4) is 0 Å². The Balaban J connectivity index is 1.70. The highest BCUT2D eigenvalue weighted by molar-refractivity contribution is 6.99. The highest BCUT2D eigenvalue weighted by Gasteiger charge is 2.50. The summed E-state index contributed by atoms with van der Waals surface area (Å²) < 4.78 is 45.6. The number of halogens is 2. The Bertz CT molecular complexity index is 1550. The number of pyridine rings is 1. The predicted molar refractivity (Wildman–Crippen MR) is 173 cm³/mol. The van der Waals surface area contributed by atoms with Gasteiger partial charge < -0.3 is 19.3 Å². The van der Waals surface area contributed by atoms with Gasteiger partial charge in [-0.2, -0.15) is 0 Å². The molecular formula is C35H39F2N3O3Si. The van der Waals surface area contributed by atoms with E-state index in [0.29, 0.717) is 24.2 Å². The molecule has 0 unspecified atom stereocenters. The van der Waals surface area contributed by atoms with Crippen LogP contribution in [0.1, 0.15) is 51.3 Å². The molecule has 0 radical (unpaired) electrons. The van der Waals surface area contributed by atoms with Gasteiger partial charge in [0.25, 0.3) is 8.32 Å². The van der Waals surface area contributed by atoms with Gasteiger partial charge in [0.15, 0.2) is 11.6 Å². The van der Waals surface area contributed by atoms with Crippen molar-refractivity contribution in [2.24, 2.45) is 5.16 Å². The van der Waals surface area contributed by atoms with E-state index in [-0.39, 0.29) is 40.8 Å². The van der Waals surface area contributed by atoms with E-state index in [1.807, 2.05) is 55.1 Å². The van der Waals surface area contributed by atoms with E-state index in [4.69, 9.17) is 9.16 Å². The molecule has 44 heavy (non-hydrogen) atoms. The van der Waals surface area contributed by atoms with Gasteiger partial charge in [-0.05, 0) is 47.5 Å². The normalized spacial score (nSPS) is 18.0. The van der Waals surface area contributed by atoms with Gasteiger partial charge >= 0.3 is 0 Å². The van der Waals surface area contributed by atoms with Crippen molar-refractivity contribution in [2.45, 2.75) is 58.5 Å². The highest BCUT2D eigenvalue weighted by Crippen LogP contribution is 2.39. The molecule has 5 rings (SSSR count). The Hall–Kier alpha value is -3.92. The number of ether oxygens (including phenoxy) is 1. The molecule has 1 aliphatic heterocycles. The van der Waals surface area contributed by atoms with Crippen molar-refractivity contribution in [3.8, 4) is 0 Å². The lowest BCUT2D eigenvalue weighted by Crippen LogP contribution is -2.66. The van der Waals surface area contributed by atoms with E-state index in [2.05, 4.69) is 55.2 Å². The lowest BCUT2D eigenvalue weighted by molar-refractivity contribution is -0.00553. The molecule has 1 N–H and O–H groups in total. The Morgan fingerprint density at radius 3 is 1.98 bits per heavy atom. The van der Waals surface area contributed by atoms with E-state index in [1.54, 1.807) is 18.2 Å². The van der Waals surface area contributed by atoms with Gasteiger partial charge in [0, 0.05) is 42.2 Å². The fraction of sp³-hybridized carbons (Fsp3) is 0.314. The van der Waals surface area contributed by atoms with Crippen LogP contribution >= 0.6 is 0 Å². The zero-order valence-corrected chi connectivity index (χ0v) is 26.8. The summed E-state index contributed by atoms with van der Waals surface area (Å²) in [5.41, 5.74) is 0.753. The topological polar surface area (TPSA) is 67.2 Å². The molecule has 230 valence electrons. The number of aromatic nitrogens is 1. The number of hydrogen-bond acceptors (Lipinski definition) is 6. The van der Waals surface area contributed by atoms with Crippen LogP contribution in [0.4, 0.5) is 14.5 Å². The molecule has 0 aliphatic carbocycles. The lowest BCUT2D eigenvalue weighted by atomic mass is 9.98. The molecular weight excluding hydrogens is 576 g/mol. The maximum absolute atomic E-state index is 16.4. The summed E-state index contributed by atoms with van der Waals surface area (Å²) in [6.45, 7) is 11.1. The maximum atomic E-state index is 16.4. The molecule has 2 atom stereocenters. The molecule has 9 heteroatoms. The third-order valence-electron chi connectivity index (χ3n) is 8.17. The van der Waals surface area contributed by atoms with Crippen LogP contribution in [0.2, 0.25) is 5.04 Å². The summed E-state index contributed by atoms with van der Waals surface area (Å²) in [6.07, 6.45) is 2.65. The molecule has 1 saturated heterocycles. The van der Waals surface area contributed by atoms with Crippen LogP contribution in [-0.4, -0.2) is 49.5 Å². The third kappa shape index (κ3) is 6.04. The Morgan fingerprint density at radius 1 is 0.932 bits per heavy atom. The summed E-state index contributed by atoms with van der Waals surface area (Å²) in [6, 6.07) is 25.1. The van der Waals surface area contributed by atoms with Crippen molar-refractivity contribution in [1.82, 2.24) is 4.98 Å². The van der Waals surface area contributed by atoms with Crippen LogP contribution in [0.5, 0.6) is 0 Å². The van der Waals surface area contributed by atoms with E-state index in [1.165, 1.54) is 12.4 Å². The first-order chi connectivity index (χ1) is 21.1. The SMILES string of the molecule is C[C@@H]1CN(c2c(CO[Si](c3ccccc3)(c3ccccc3)C(C)(C)C)cc(/C(=N/O)c3ccncc3)c(F)c2F)C[C@H](C)O1. The fourth-order valence-electron chi connectivity index (χ4n) is 6.38. The number of oxime groups is 1. The van der Waals surface area contributed by atoms with Gasteiger partial charge in [0.1, 0.15) is 5.71 Å². The quantitative estimate of drug-likeness (QED) is 0.109. The highest BCUT2D eigenvalue weighted by atomic mass is 28.4. The lowest BCUT2D eigenvalue weighted by Gasteiger charge is -2.43. The molecule has 0 saturated carbocycles. The van der Waals surface area contributed by atoms with Crippen LogP contribution < -0.4 is 15.3 Å². The number of nitrogens with zero attached hydrogens (tertiary/aromatic N) is 3. The van der Waals surface area contributed by atoms with Gasteiger partial charge in [-0.15, -0.1) is 0 Å². The van der Waals surface area contributed by atoms with Gasteiger partial charge in [0.2, 0.25) is 0 Å². The molecule has 6 nitrogen and oxygen atoms in total. The number of anilines is 1. The molecule has 4 aromatic rings. The summed E-state index contributed by atoms with van der Waals surface area (Å²) in [4.78, 5) is 5.84. The average Bonchev–Trinajstić information content (AvgIpc) is 3.00. The molecule has 0 amide bonds. The van der Waals surface area contributed by atoms with Crippen molar-refractivity contribution < 1.29 is 23.2 Å². The Labute approximate surface area is 259 Å². The Kier molecular flexibility index (Phi) is 9.29. The summed E-state index contributed by atoms with van der Waals surface area (Å²) >= 11 is 0. The molecule has 1 aliphatic rings. The second-order valence-corrected chi connectivity index (χ2v) is 16.7. The minimum Gasteiger partial charge on any atom is -0.410 e. The van der Waals surface area contributed by atoms with Gasteiger partial charge in [-0.25, -0.2) is 8.78 Å². The van der Waals surface area contributed by atoms with Gasteiger partial charge in [-0.3, -0.25) is 4.98 Å². The molecule has 1 aromatic heterocycles. The van der Waals surface area contributed by atoms with Crippen molar-refractivity contribution in [3.05, 3.63) is 120 Å². The summed E-state index contributed by atoms with van der Waals surface area (Å²) in [5, 5.41) is 15.2. The number of benzene rings is 3. The van der Waals surface area contributed by atoms with Gasteiger partial charge in [-0.1, -0.05) is 86.6 Å². The van der Waals surface area contributed by atoms with Crippen LogP contribution in [0, 0.1) is 11.6 Å².